The second-order valence-corrected chi connectivity index (χ2v) is 7.71. The largest absolute Gasteiger partial charge is 0.507 e. The molecule has 2 rings (SSSR count). The number of carbonyl (C=O) groups excluding carboxylic acids is 1. The minimum absolute atomic E-state index is 0.0489. The van der Waals surface area contributed by atoms with Gasteiger partial charge in [-0.1, -0.05) is 38.4 Å². The van der Waals surface area contributed by atoms with Gasteiger partial charge in [-0.05, 0) is 63.9 Å². The zero-order chi connectivity index (χ0) is 16.5. The second kappa shape index (κ2) is 6.46. The highest BCUT2D eigenvalue weighted by Gasteiger charge is 2.19. The van der Waals surface area contributed by atoms with Gasteiger partial charge in [-0.3, -0.25) is 4.79 Å². The van der Waals surface area contributed by atoms with Crippen molar-refractivity contribution in [2.24, 2.45) is 0 Å². The number of phenolic OH excluding ortho intramolecular Hbond substituents is 1. The molecule has 0 unspecified atom stereocenters. The summed E-state index contributed by atoms with van der Waals surface area (Å²) in [5.41, 5.74) is 1.63. The van der Waals surface area contributed by atoms with Gasteiger partial charge >= 0.3 is 0 Å². The molecule has 0 saturated carbocycles. The molecule has 2 aromatic carbocycles. The summed E-state index contributed by atoms with van der Waals surface area (Å²) in [5, 5.41) is 13.2. The number of phenols is 1. The molecule has 0 aliphatic rings. The van der Waals surface area contributed by atoms with Crippen LogP contribution in [0.1, 0.15) is 36.7 Å². The van der Waals surface area contributed by atoms with Crippen LogP contribution < -0.4 is 5.32 Å². The summed E-state index contributed by atoms with van der Waals surface area (Å²) >= 11 is 8.27. The number of rotatable bonds is 2. The lowest BCUT2D eigenvalue weighted by Gasteiger charge is -2.20. The van der Waals surface area contributed by atoms with Crippen molar-refractivity contribution in [1.82, 2.24) is 0 Å². The highest BCUT2D eigenvalue weighted by Crippen LogP contribution is 2.29. The Bertz CT molecular complexity index is 723. The Morgan fingerprint density at radius 3 is 2.45 bits per heavy atom. The van der Waals surface area contributed by atoms with Crippen LogP contribution in [0.3, 0.4) is 0 Å². The number of hydrogen-bond donors (Lipinski definition) is 2. The molecule has 2 N–H and O–H groups in total. The number of aromatic hydroxyl groups is 1. The molecular weight excluding hydrogens is 413 g/mol. The predicted molar refractivity (Wildman–Crippen MR) is 98.9 cm³/mol. The van der Waals surface area contributed by atoms with E-state index in [1.54, 1.807) is 24.3 Å². The highest BCUT2D eigenvalue weighted by molar-refractivity contribution is 14.1. The van der Waals surface area contributed by atoms with Crippen molar-refractivity contribution in [3.8, 4) is 5.75 Å². The summed E-state index contributed by atoms with van der Waals surface area (Å²) < 4.78 is 0.984. The van der Waals surface area contributed by atoms with E-state index >= 15 is 0 Å². The van der Waals surface area contributed by atoms with Crippen LogP contribution in [0.2, 0.25) is 5.02 Å². The number of carbonyl (C=O) groups is 1. The van der Waals surface area contributed by atoms with Gasteiger partial charge in [0.25, 0.3) is 5.91 Å². The van der Waals surface area contributed by atoms with Crippen molar-refractivity contribution in [2.45, 2.75) is 26.2 Å². The molecule has 0 aliphatic heterocycles. The van der Waals surface area contributed by atoms with E-state index in [0.717, 1.165) is 9.13 Å². The van der Waals surface area contributed by atoms with Gasteiger partial charge in [0.15, 0.2) is 0 Å². The Morgan fingerprint density at radius 2 is 1.86 bits per heavy atom. The van der Waals surface area contributed by atoms with E-state index in [9.17, 15) is 9.90 Å². The molecule has 0 bridgehead atoms. The average Bonchev–Trinajstić information content (AvgIpc) is 2.41. The number of anilines is 1. The van der Waals surface area contributed by atoms with Gasteiger partial charge in [0.2, 0.25) is 0 Å². The van der Waals surface area contributed by atoms with Crippen molar-refractivity contribution >= 4 is 45.8 Å². The van der Waals surface area contributed by atoms with Crippen LogP contribution in [-0.4, -0.2) is 11.0 Å². The minimum Gasteiger partial charge on any atom is -0.507 e. The number of halogens is 2. The van der Waals surface area contributed by atoms with Gasteiger partial charge in [-0.25, -0.2) is 0 Å². The van der Waals surface area contributed by atoms with E-state index in [0.29, 0.717) is 10.7 Å². The van der Waals surface area contributed by atoms with Crippen molar-refractivity contribution in [3.05, 3.63) is 56.1 Å². The molecule has 0 saturated heterocycles. The Hall–Kier alpha value is -1.27. The zero-order valence-corrected chi connectivity index (χ0v) is 15.5. The quantitative estimate of drug-likeness (QED) is 0.645. The molecule has 0 radical (unpaired) electrons. The molecule has 3 nitrogen and oxygen atoms in total. The van der Waals surface area contributed by atoms with Crippen LogP contribution in [0.5, 0.6) is 5.75 Å². The maximum atomic E-state index is 12.4. The minimum atomic E-state index is -0.383. The average molecular weight is 430 g/mol. The van der Waals surface area contributed by atoms with Crippen LogP contribution in [0, 0.1) is 3.57 Å². The molecule has 116 valence electrons. The van der Waals surface area contributed by atoms with Crippen molar-refractivity contribution in [1.29, 1.82) is 0 Å². The van der Waals surface area contributed by atoms with Crippen LogP contribution in [0.15, 0.2) is 36.4 Å². The lowest BCUT2D eigenvalue weighted by molar-refractivity contribution is 0.102. The van der Waals surface area contributed by atoms with E-state index in [1.165, 1.54) is 0 Å². The summed E-state index contributed by atoms with van der Waals surface area (Å²) in [7, 11) is 0. The van der Waals surface area contributed by atoms with Crippen molar-refractivity contribution < 1.29 is 9.90 Å². The van der Waals surface area contributed by atoms with Crippen LogP contribution >= 0.6 is 34.2 Å². The Balaban J connectivity index is 2.33. The Labute approximate surface area is 148 Å². The predicted octanol–water partition coefficient (Wildman–Crippen LogP) is 5.20. The van der Waals surface area contributed by atoms with Gasteiger partial charge < -0.3 is 10.4 Å². The summed E-state index contributed by atoms with van der Waals surface area (Å²) in [6, 6.07) is 10.4. The van der Waals surface area contributed by atoms with Gasteiger partial charge in [0, 0.05) is 3.57 Å². The summed E-state index contributed by atoms with van der Waals surface area (Å²) in [4.78, 5) is 12.4. The van der Waals surface area contributed by atoms with Gasteiger partial charge in [-0.15, -0.1) is 0 Å². The second-order valence-electron chi connectivity index (χ2n) is 6.06. The van der Waals surface area contributed by atoms with E-state index in [1.807, 2.05) is 12.1 Å². The number of nitrogens with one attached hydrogen (secondary N) is 1. The lowest BCUT2D eigenvalue weighted by atomic mass is 9.86. The fraction of sp³-hybridized carbons (Fsp3) is 0.235. The standard InChI is InChI=1S/C17H17ClINO2/c1-17(2,3)10-4-7-15(21)12(8-10)16(22)20-14-6-5-11(19)9-13(14)18/h4-9,21H,1-3H3,(H,20,22). The zero-order valence-electron chi connectivity index (χ0n) is 12.6. The maximum absolute atomic E-state index is 12.4. The molecule has 0 aromatic heterocycles. The fourth-order valence-electron chi connectivity index (χ4n) is 1.96. The molecular formula is C17H17ClINO2. The summed E-state index contributed by atoms with van der Waals surface area (Å²) in [6.45, 7) is 6.16. The van der Waals surface area contributed by atoms with E-state index < -0.39 is 0 Å². The third-order valence-electron chi connectivity index (χ3n) is 3.29. The van der Waals surface area contributed by atoms with Crippen molar-refractivity contribution in [3.63, 3.8) is 0 Å². The first kappa shape index (κ1) is 17.1. The third kappa shape index (κ3) is 3.93. The molecule has 5 heteroatoms. The maximum Gasteiger partial charge on any atom is 0.259 e. The van der Waals surface area contributed by atoms with Crippen LogP contribution in [-0.2, 0) is 5.41 Å². The summed E-state index contributed by atoms with van der Waals surface area (Å²) in [6.07, 6.45) is 0. The van der Waals surface area contributed by atoms with E-state index in [4.69, 9.17) is 11.6 Å². The number of benzene rings is 2. The molecule has 0 aliphatic carbocycles. The fourth-order valence-corrected chi connectivity index (χ4v) is 2.87. The normalized spacial score (nSPS) is 11.3. The van der Waals surface area contributed by atoms with E-state index in [2.05, 4.69) is 48.7 Å². The Kier molecular flexibility index (Phi) is 5.02. The van der Waals surface area contributed by atoms with Crippen LogP contribution in [0.4, 0.5) is 5.69 Å². The van der Waals surface area contributed by atoms with Crippen LogP contribution in [0.25, 0.3) is 0 Å². The molecule has 1 amide bonds. The number of hydrogen-bond acceptors (Lipinski definition) is 2. The van der Waals surface area contributed by atoms with Gasteiger partial charge in [0.1, 0.15) is 5.75 Å². The molecule has 0 heterocycles. The lowest BCUT2D eigenvalue weighted by Crippen LogP contribution is -2.16. The van der Waals surface area contributed by atoms with Gasteiger partial charge in [-0.2, -0.15) is 0 Å². The topological polar surface area (TPSA) is 49.3 Å². The summed E-state index contributed by atoms with van der Waals surface area (Å²) in [5.74, 6) is -0.432. The Morgan fingerprint density at radius 1 is 1.18 bits per heavy atom. The first-order valence-electron chi connectivity index (χ1n) is 6.78. The first-order chi connectivity index (χ1) is 10.2. The molecule has 0 spiro atoms. The van der Waals surface area contributed by atoms with E-state index in [-0.39, 0.29) is 22.6 Å². The first-order valence-corrected chi connectivity index (χ1v) is 8.24. The monoisotopic (exact) mass is 429 g/mol. The molecule has 22 heavy (non-hydrogen) atoms. The molecule has 0 fully saturated rings. The molecule has 2 aromatic rings. The smallest absolute Gasteiger partial charge is 0.259 e. The van der Waals surface area contributed by atoms with Gasteiger partial charge in [0.05, 0.1) is 16.3 Å². The molecule has 0 atom stereocenters. The highest BCUT2D eigenvalue weighted by atomic mass is 127. The third-order valence-corrected chi connectivity index (χ3v) is 4.27. The van der Waals surface area contributed by atoms with Crippen molar-refractivity contribution in [2.75, 3.05) is 5.32 Å². The number of amides is 1. The SMILES string of the molecule is CC(C)(C)c1ccc(O)c(C(=O)Nc2ccc(I)cc2Cl)c1.